The number of nitrogens with zero attached hydrogens (tertiary/aromatic N) is 1. The molecule has 0 aromatic rings. The van der Waals surface area contributed by atoms with Crippen molar-refractivity contribution in [2.45, 2.75) is 45.7 Å². The van der Waals surface area contributed by atoms with Crippen LogP contribution in [0.25, 0.3) is 0 Å². The second kappa shape index (κ2) is 8.53. The maximum atomic E-state index is 11.6. The molecular weight excluding hydrogens is 204 g/mol. The van der Waals surface area contributed by atoms with E-state index in [0.29, 0.717) is 12.6 Å². The van der Waals surface area contributed by atoms with Gasteiger partial charge in [-0.15, -0.1) is 0 Å². The first-order chi connectivity index (χ1) is 7.52. The number of carbonyl (C=O) groups excluding carboxylic acids is 1. The summed E-state index contributed by atoms with van der Waals surface area (Å²) in [7, 11) is 4.07. The summed E-state index contributed by atoms with van der Waals surface area (Å²) in [6.45, 7) is 7.29. The monoisotopic (exact) mass is 230 g/mol. The number of rotatable bonds is 8. The van der Waals surface area contributed by atoms with Gasteiger partial charge in [0.1, 0.15) is 6.04 Å². The SMILES string of the molecule is CCCC(NCC(C)N(C)C)C(=O)OCC. The van der Waals surface area contributed by atoms with E-state index in [0.717, 1.165) is 19.4 Å². The van der Waals surface area contributed by atoms with Crippen molar-refractivity contribution in [2.75, 3.05) is 27.2 Å². The van der Waals surface area contributed by atoms with Gasteiger partial charge in [0.15, 0.2) is 0 Å². The predicted octanol–water partition coefficient (Wildman–Crippen LogP) is 1.26. The minimum Gasteiger partial charge on any atom is -0.465 e. The van der Waals surface area contributed by atoms with Crippen LogP contribution in [0.3, 0.4) is 0 Å². The summed E-state index contributed by atoms with van der Waals surface area (Å²) in [6.07, 6.45) is 1.81. The van der Waals surface area contributed by atoms with Crippen molar-refractivity contribution in [3.05, 3.63) is 0 Å². The van der Waals surface area contributed by atoms with Crippen LogP contribution in [-0.2, 0) is 9.53 Å². The van der Waals surface area contributed by atoms with Gasteiger partial charge in [0, 0.05) is 12.6 Å². The molecule has 0 bridgehead atoms. The Morgan fingerprint density at radius 2 is 2.00 bits per heavy atom. The molecule has 0 heterocycles. The van der Waals surface area contributed by atoms with Crippen molar-refractivity contribution in [1.82, 2.24) is 10.2 Å². The van der Waals surface area contributed by atoms with Gasteiger partial charge in [0.25, 0.3) is 0 Å². The maximum absolute atomic E-state index is 11.6. The third-order valence-corrected chi connectivity index (χ3v) is 2.69. The molecule has 0 amide bonds. The van der Waals surface area contributed by atoms with E-state index in [1.165, 1.54) is 0 Å². The minimum atomic E-state index is -0.160. The smallest absolute Gasteiger partial charge is 0.323 e. The van der Waals surface area contributed by atoms with E-state index < -0.39 is 0 Å². The third kappa shape index (κ3) is 6.08. The molecule has 0 spiro atoms. The fourth-order valence-electron chi connectivity index (χ4n) is 1.33. The second-order valence-electron chi connectivity index (χ2n) is 4.31. The summed E-state index contributed by atoms with van der Waals surface area (Å²) < 4.78 is 5.03. The molecule has 0 fully saturated rings. The van der Waals surface area contributed by atoms with Gasteiger partial charge in [-0.2, -0.15) is 0 Å². The maximum Gasteiger partial charge on any atom is 0.323 e. The molecule has 0 aromatic heterocycles. The molecule has 2 unspecified atom stereocenters. The molecule has 0 rings (SSSR count). The zero-order chi connectivity index (χ0) is 12.6. The van der Waals surface area contributed by atoms with Crippen molar-refractivity contribution >= 4 is 5.97 Å². The van der Waals surface area contributed by atoms with E-state index in [1.807, 2.05) is 21.0 Å². The number of hydrogen-bond acceptors (Lipinski definition) is 4. The highest BCUT2D eigenvalue weighted by Crippen LogP contribution is 2.00. The van der Waals surface area contributed by atoms with Gasteiger partial charge in [0.2, 0.25) is 0 Å². The summed E-state index contributed by atoms with van der Waals surface area (Å²) in [5.41, 5.74) is 0. The van der Waals surface area contributed by atoms with E-state index in [1.54, 1.807) is 0 Å². The quantitative estimate of drug-likeness (QED) is 0.637. The molecule has 2 atom stereocenters. The highest BCUT2D eigenvalue weighted by Gasteiger charge is 2.19. The molecule has 0 radical (unpaired) electrons. The molecule has 16 heavy (non-hydrogen) atoms. The number of nitrogens with one attached hydrogen (secondary N) is 1. The zero-order valence-corrected chi connectivity index (χ0v) is 11.2. The average Bonchev–Trinajstić information content (AvgIpc) is 2.23. The van der Waals surface area contributed by atoms with Crippen molar-refractivity contribution in [3.8, 4) is 0 Å². The Balaban J connectivity index is 4.07. The predicted molar refractivity (Wildman–Crippen MR) is 66.5 cm³/mol. The molecule has 0 aliphatic rings. The Kier molecular flexibility index (Phi) is 8.21. The van der Waals surface area contributed by atoms with Crippen molar-refractivity contribution < 1.29 is 9.53 Å². The van der Waals surface area contributed by atoms with Gasteiger partial charge in [-0.1, -0.05) is 13.3 Å². The topological polar surface area (TPSA) is 41.6 Å². The van der Waals surface area contributed by atoms with Gasteiger partial charge >= 0.3 is 5.97 Å². The summed E-state index contributed by atoms with van der Waals surface area (Å²) in [4.78, 5) is 13.7. The van der Waals surface area contributed by atoms with Gasteiger partial charge in [0.05, 0.1) is 6.61 Å². The lowest BCUT2D eigenvalue weighted by Crippen LogP contribution is -2.44. The Labute approximate surface area is 99.3 Å². The van der Waals surface area contributed by atoms with Crippen LogP contribution in [0, 0.1) is 0 Å². The molecule has 1 N–H and O–H groups in total. The number of ether oxygens (including phenoxy) is 1. The van der Waals surface area contributed by atoms with E-state index in [-0.39, 0.29) is 12.0 Å². The van der Waals surface area contributed by atoms with E-state index in [4.69, 9.17) is 4.74 Å². The number of esters is 1. The highest BCUT2D eigenvalue weighted by atomic mass is 16.5. The summed E-state index contributed by atoms with van der Waals surface area (Å²) in [6, 6.07) is 0.251. The average molecular weight is 230 g/mol. The molecule has 0 aromatic carbocycles. The van der Waals surface area contributed by atoms with Crippen LogP contribution in [0.1, 0.15) is 33.6 Å². The summed E-state index contributed by atoms with van der Waals surface area (Å²) >= 11 is 0. The molecular formula is C12H26N2O2. The fourth-order valence-corrected chi connectivity index (χ4v) is 1.33. The van der Waals surface area contributed by atoms with Crippen LogP contribution in [0.5, 0.6) is 0 Å². The van der Waals surface area contributed by atoms with Crippen molar-refractivity contribution in [3.63, 3.8) is 0 Å². The van der Waals surface area contributed by atoms with Crippen LogP contribution in [-0.4, -0.2) is 50.2 Å². The largest absolute Gasteiger partial charge is 0.465 e. The Morgan fingerprint density at radius 3 is 2.44 bits per heavy atom. The molecule has 0 aliphatic carbocycles. The molecule has 4 heteroatoms. The number of carbonyl (C=O) groups is 1. The minimum absolute atomic E-state index is 0.129. The van der Waals surface area contributed by atoms with Gasteiger partial charge < -0.3 is 15.0 Å². The lowest BCUT2D eigenvalue weighted by atomic mass is 10.1. The van der Waals surface area contributed by atoms with Gasteiger partial charge in [-0.3, -0.25) is 4.79 Å². The molecule has 0 aliphatic heterocycles. The van der Waals surface area contributed by atoms with Crippen LogP contribution in [0.2, 0.25) is 0 Å². The second-order valence-corrected chi connectivity index (χ2v) is 4.31. The number of likely N-dealkylation sites (N-methyl/N-ethyl adjacent to an activating group) is 1. The summed E-state index contributed by atoms with van der Waals surface area (Å²) in [5.74, 6) is -0.129. The van der Waals surface area contributed by atoms with Gasteiger partial charge in [-0.25, -0.2) is 0 Å². The van der Waals surface area contributed by atoms with Crippen LogP contribution in [0.4, 0.5) is 0 Å². The Morgan fingerprint density at radius 1 is 1.38 bits per heavy atom. The third-order valence-electron chi connectivity index (χ3n) is 2.69. The molecule has 4 nitrogen and oxygen atoms in total. The lowest BCUT2D eigenvalue weighted by molar-refractivity contribution is -0.145. The van der Waals surface area contributed by atoms with E-state index in [9.17, 15) is 4.79 Å². The first-order valence-corrected chi connectivity index (χ1v) is 6.09. The van der Waals surface area contributed by atoms with Crippen LogP contribution >= 0.6 is 0 Å². The Bertz CT molecular complexity index is 195. The molecule has 0 saturated carbocycles. The first kappa shape index (κ1) is 15.4. The highest BCUT2D eigenvalue weighted by molar-refractivity contribution is 5.75. The van der Waals surface area contributed by atoms with Crippen molar-refractivity contribution in [1.29, 1.82) is 0 Å². The normalized spacial score (nSPS) is 14.9. The van der Waals surface area contributed by atoms with Gasteiger partial charge in [-0.05, 0) is 34.4 Å². The van der Waals surface area contributed by atoms with Crippen LogP contribution in [0.15, 0.2) is 0 Å². The van der Waals surface area contributed by atoms with E-state index in [2.05, 4.69) is 24.1 Å². The first-order valence-electron chi connectivity index (χ1n) is 6.09. The summed E-state index contributed by atoms with van der Waals surface area (Å²) in [5, 5.41) is 3.27. The number of hydrogen-bond donors (Lipinski definition) is 1. The fraction of sp³-hybridized carbons (Fsp3) is 0.917. The molecule has 96 valence electrons. The zero-order valence-electron chi connectivity index (χ0n) is 11.2. The lowest BCUT2D eigenvalue weighted by Gasteiger charge is -2.23. The molecule has 0 saturated heterocycles. The Hall–Kier alpha value is -0.610. The van der Waals surface area contributed by atoms with Crippen LogP contribution < -0.4 is 5.32 Å². The van der Waals surface area contributed by atoms with Crippen molar-refractivity contribution in [2.24, 2.45) is 0 Å². The standard InChI is InChI=1S/C12H26N2O2/c1-6-8-11(12(15)16-7-2)13-9-10(3)14(4)5/h10-11,13H,6-9H2,1-5H3. The van der Waals surface area contributed by atoms with E-state index >= 15 is 0 Å².